The average molecular weight is 267 g/mol. The van der Waals surface area contributed by atoms with Crippen molar-refractivity contribution in [2.45, 2.75) is 6.92 Å². The highest BCUT2D eigenvalue weighted by molar-refractivity contribution is 6.00. The molecule has 0 saturated carbocycles. The topological polar surface area (TPSA) is 36.4 Å². The summed E-state index contributed by atoms with van der Waals surface area (Å²) in [4.78, 5) is 20.6. The summed E-state index contributed by atoms with van der Waals surface area (Å²) in [6.45, 7) is 3.32. The average Bonchev–Trinajstić information content (AvgIpc) is 2.48. The van der Waals surface area contributed by atoms with Crippen LogP contribution in [-0.2, 0) is 0 Å². The first-order valence-electron chi connectivity index (χ1n) is 6.72. The largest absolute Gasteiger partial charge is 0.371 e. The first kappa shape index (κ1) is 12.7. The molecule has 2 aromatic rings. The van der Waals surface area contributed by atoms with Crippen LogP contribution in [0, 0.1) is 0 Å². The standard InChI is InChI=1S/C16H17N3O/c1-12(20)13-6-5-9-17-16(13)19-11-10-18(2)14-7-3-4-8-15(14)19/h3-9H,10-11H2,1-2H3. The van der Waals surface area contributed by atoms with Gasteiger partial charge >= 0.3 is 0 Å². The highest BCUT2D eigenvalue weighted by atomic mass is 16.1. The monoisotopic (exact) mass is 267 g/mol. The Kier molecular flexibility index (Phi) is 3.14. The van der Waals surface area contributed by atoms with Gasteiger partial charge in [-0.25, -0.2) is 4.98 Å². The summed E-state index contributed by atoms with van der Waals surface area (Å²) in [5.41, 5.74) is 2.94. The smallest absolute Gasteiger partial charge is 0.163 e. The number of Topliss-reactive ketones (excluding diaryl/α,β-unsaturated/α-hetero) is 1. The summed E-state index contributed by atoms with van der Waals surface area (Å²) in [5, 5.41) is 0. The van der Waals surface area contributed by atoms with Gasteiger partial charge in [-0.3, -0.25) is 4.79 Å². The summed E-state index contributed by atoms with van der Waals surface area (Å²) >= 11 is 0. The number of fused-ring (bicyclic) bond motifs is 1. The molecule has 20 heavy (non-hydrogen) atoms. The van der Waals surface area contributed by atoms with E-state index in [1.54, 1.807) is 13.1 Å². The zero-order chi connectivity index (χ0) is 14.1. The quantitative estimate of drug-likeness (QED) is 0.784. The number of hydrogen-bond donors (Lipinski definition) is 0. The second-order valence-electron chi connectivity index (χ2n) is 4.99. The third-order valence-corrected chi connectivity index (χ3v) is 3.66. The number of aromatic nitrogens is 1. The van der Waals surface area contributed by atoms with Crippen molar-refractivity contribution in [1.29, 1.82) is 0 Å². The first-order chi connectivity index (χ1) is 9.68. The minimum Gasteiger partial charge on any atom is -0.371 e. The lowest BCUT2D eigenvalue weighted by molar-refractivity contribution is 0.101. The Hall–Kier alpha value is -2.36. The lowest BCUT2D eigenvalue weighted by Crippen LogP contribution is -2.37. The highest BCUT2D eigenvalue weighted by Crippen LogP contribution is 2.37. The fourth-order valence-electron chi connectivity index (χ4n) is 2.61. The lowest BCUT2D eigenvalue weighted by Gasteiger charge is -2.36. The maximum Gasteiger partial charge on any atom is 0.163 e. The van der Waals surface area contributed by atoms with E-state index in [9.17, 15) is 4.79 Å². The molecule has 0 radical (unpaired) electrons. The molecule has 0 atom stereocenters. The Labute approximate surface area is 118 Å². The van der Waals surface area contributed by atoms with Crippen molar-refractivity contribution in [3.63, 3.8) is 0 Å². The SMILES string of the molecule is CC(=O)c1cccnc1N1CCN(C)c2ccccc21. The molecule has 0 bridgehead atoms. The van der Waals surface area contributed by atoms with Crippen LogP contribution in [0.25, 0.3) is 0 Å². The molecule has 0 fully saturated rings. The molecule has 0 unspecified atom stereocenters. The number of hydrogen-bond acceptors (Lipinski definition) is 4. The summed E-state index contributed by atoms with van der Waals surface area (Å²) in [7, 11) is 2.08. The molecule has 4 heteroatoms. The minimum atomic E-state index is 0.0458. The molecule has 2 heterocycles. The van der Waals surface area contributed by atoms with Gasteiger partial charge < -0.3 is 9.80 Å². The van der Waals surface area contributed by atoms with Crippen LogP contribution in [0.1, 0.15) is 17.3 Å². The van der Waals surface area contributed by atoms with Crippen molar-refractivity contribution in [1.82, 2.24) is 4.98 Å². The Morgan fingerprint density at radius 3 is 2.60 bits per heavy atom. The van der Waals surface area contributed by atoms with E-state index in [0.717, 1.165) is 24.6 Å². The van der Waals surface area contributed by atoms with Crippen LogP contribution in [0.5, 0.6) is 0 Å². The van der Waals surface area contributed by atoms with Crippen molar-refractivity contribution in [2.24, 2.45) is 0 Å². The third-order valence-electron chi connectivity index (χ3n) is 3.66. The van der Waals surface area contributed by atoms with Crippen LogP contribution in [0.2, 0.25) is 0 Å². The third kappa shape index (κ3) is 2.03. The Balaban J connectivity index is 2.13. The number of pyridine rings is 1. The molecule has 3 rings (SSSR count). The van der Waals surface area contributed by atoms with Gasteiger partial charge in [0.15, 0.2) is 5.78 Å². The fourth-order valence-corrected chi connectivity index (χ4v) is 2.61. The van der Waals surface area contributed by atoms with Gasteiger partial charge in [-0.1, -0.05) is 12.1 Å². The van der Waals surface area contributed by atoms with E-state index < -0.39 is 0 Å². The predicted molar refractivity (Wildman–Crippen MR) is 81.0 cm³/mol. The van der Waals surface area contributed by atoms with E-state index in [2.05, 4.69) is 34.0 Å². The highest BCUT2D eigenvalue weighted by Gasteiger charge is 2.24. The number of nitrogens with zero attached hydrogens (tertiary/aromatic N) is 3. The maximum absolute atomic E-state index is 11.8. The van der Waals surface area contributed by atoms with Crippen molar-refractivity contribution in [3.05, 3.63) is 48.2 Å². The van der Waals surface area contributed by atoms with Crippen molar-refractivity contribution < 1.29 is 4.79 Å². The van der Waals surface area contributed by atoms with Crippen LogP contribution in [-0.4, -0.2) is 30.9 Å². The van der Waals surface area contributed by atoms with E-state index in [-0.39, 0.29) is 5.78 Å². The van der Waals surface area contributed by atoms with Crippen LogP contribution >= 0.6 is 0 Å². The van der Waals surface area contributed by atoms with Crippen molar-refractivity contribution >= 4 is 23.0 Å². The molecular formula is C16H17N3O. The Morgan fingerprint density at radius 1 is 1.10 bits per heavy atom. The second kappa shape index (κ2) is 4.96. The van der Waals surface area contributed by atoms with Crippen LogP contribution in [0.15, 0.2) is 42.6 Å². The zero-order valence-corrected chi connectivity index (χ0v) is 11.7. The van der Waals surface area contributed by atoms with Gasteiger partial charge in [-0.2, -0.15) is 0 Å². The van der Waals surface area contributed by atoms with Gasteiger partial charge in [0, 0.05) is 26.3 Å². The van der Waals surface area contributed by atoms with Crippen LogP contribution in [0.3, 0.4) is 0 Å². The molecule has 0 saturated heterocycles. The summed E-state index contributed by atoms with van der Waals surface area (Å²) in [6, 6.07) is 11.9. The number of para-hydroxylation sites is 2. The molecule has 1 aliphatic rings. The number of carbonyl (C=O) groups excluding carboxylic acids is 1. The van der Waals surface area contributed by atoms with Gasteiger partial charge in [0.25, 0.3) is 0 Å². The molecular weight excluding hydrogens is 250 g/mol. The van der Waals surface area contributed by atoms with E-state index >= 15 is 0 Å². The zero-order valence-electron chi connectivity index (χ0n) is 11.7. The van der Waals surface area contributed by atoms with Crippen LogP contribution in [0.4, 0.5) is 17.2 Å². The van der Waals surface area contributed by atoms with Crippen LogP contribution < -0.4 is 9.80 Å². The minimum absolute atomic E-state index is 0.0458. The number of likely N-dealkylation sites (N-methyl/N-ethyl adjacent to an activating group) is 1. The van der Waals surface area contributed by atoms with Gasteiger partial charge in [0.2, 0.25) is 0 Å². The molecule has 1 aliphatic heterocycles. The normalized spacial score (nSPS) is 14.1. The molecule has 102 valence electrons. The fraction of sp³-hybridized carbons (Fsp3) is 0.250. The number of carbonyl (C=O) groups is 1. The first-order valence-corrected chi connectivity index (χ1v) is 6.72. The molecule has 0 aliphatic carbocycles. The van der Waals surface area contributed by atoms with E-state index in [1.807, 2.05) is 24.3 Å². The van der Waals surface area contributed by atoms with Gasteiger partial charge in [-0.15, -0.1) is 0 Å². The molecule has 1 aromatic carbocycles. The summed E-state index contributed by atoms with van der Waals surface area (Å²) in [6.07, 6.45) is 1.74. The van der Waals surface area contributed by atoms with Gasteiger partial charge in [0.05, 0.1) is 16.9 Å². The van der Waals surface area contributed by atoms with E-state index in [4.69, 9.17) is 0 Å². The molecule has 0 amide bonds. The maximum atomic E-state index is 11.8. The molecule has 0 spiro atoms. The summed E-state index contributed by atoms with van der Waals surface area (Å²) < 4.78 is 0. The number of rotatable bonds is 2. The van der Waals surface area contributed by atoms with Crippen molar-refractivity contribution in [3.8, 4) is 0 Å². The van der Waals surface area contributed by atoms with E-state index in [0.29, 0.717) is 5.56 Å². The number of ketones is 1. The second-order valence-corrected chi connectivity index (χ2v) is 4.99. The van der Waals surface area contributed by atoms with Gasteiger partial charge in [0.1, 0.15) is 5.82 Å². The summed E-state index contributed by atoms with van der Waals surface area (Å²) in [5.74, 6) is 0.796. The van der Waals surface area contributed by atoms with E-state index in [1.165, 1.54) is 5.69 Å². The van der Waals surface area contributed by atoms with Crippen molar-refractivity contribution in [2.75, 3.05) is 29.9 Å². The predicted octanol–water partition coefficient (Wildman–Crippen LogP) is 2.87. The van der Waals surface area contributed by atoms with Gasteiger partial charge in [-0.05, 0) is 31.2 Å². The molecule has 0 N–H and O–H groups in total. The lowest BCUT2D eigenvalue weighted by atomic mass is 10.1. The number of benzene rings is 1. The molecule has 1 aromatic heterocycles. The Morgan fingerprint density at radius 2 is 1.85 bits per heavy atom. The molecule has 4 nitrogen and oxygen atoms in total. The Bertz CT molecular complexity index is 654. The number of anilines is 3.